The third-order valence-electron chi connectivity index (χ3n) is 5.20. The molecule has 0 aliphatic heterocycles. The van der Waals surface area contributed by atoms with E-state index < -0.39 is 0 Å². The molecule has 4 aromatic rings. The lowest BCUT2D eigenvalue weighted by Crippen LogP contribution is -2.13. The molecule has 0 aliphatic rings. The lowest BCUT2D eigenvalue weighted by Gasteiger charge is -2.09. The van der Waals surface area contributed by atoms with Gasteiger partial charge in [-0.2, -0.15) is 0 Å². The molecule has 1 amide bonds. The molecule has 0 aliphatic carbocycles. The summed E-state index contributed by atoms with van der Waals surface area (Å²) in [5, 5.41) is 4.07. The second kappa shape index (κ2) is 9.79. The van der Waals surface area contributed by atoms with Crippen LogP contribution in [0.5, 0.6) is 0 Å². The average molecular weight is 444 g/mol. The van der Waals surface area contributed by atoms with Crippen LogP contribution in [0.4, 0.5) is 5.69 Å². The highest BCUT2D eigenvalue weighted by atomic mass is 32.1. The van der Waals surface area contributed by atoms with Crippen LogP contribution in [0.25, 0.3) is 10.1 Å². The van der Waals surface area contributed by atoms with Crippen molar-refractivity contribution in [2.45, 2.75) is 26.7 Å². The van der Waals surface area contributed by atoms with Crippen molar-refractivity contribution in [3.63, 3.8) is 0 Å². The van der Waals surface area contributed by atoms with Gasteiger partial charge in [0.25, 0.3) is 5.91 Å². The Labute approximate surface area is 191 Å². The second-order valence-electron chi connectivity index (χ2n) is 7.74. The van der Waals surface area contributed by atoms with E-state index in [1.165, 1.54) is 16.9 Å². The van der Waals surface area contributed by atoms with Crippen molar-refractivity contribution in [1.29, 1.82) is 0 Å². The molecule has 0 atom stereocenters. The minimum absolute atomic E-state index is 0.174. The second-order valence-corrected chi connectivity index (χ2v) is 8.79. The number of nitrogens with one attached hydrogen (secondary N) is 1. The number of amides is 1. The molecule has 162 valence electrons. The zero-order valence-corrected chi connectivity index (χ0v) is 19.0. The van der Waals surface area contributed by atoms with Crippen molar-refractivity contribution in [1.82, 2.24) is 0 Å². The van der Waals surface area contributed by atoms with Gasteiger partial charge in [-0.3, -0.25) is 4.79 Å². The Morgan fingerprint density at radius 1 is 0.969 bits per heavy atom. The lowest BCUT2D eigenvalue weighted by molar-refractivity contribution is 0.0505. The molecule has 4 rings (SSSR count). The van der Waals surface area contributed by atoms with Crippen LogP contribution in [0, 0.1) is 6.92 Å². The van der Waals surface area contributed by atoms with Gasteiger partial charge in [0.2, 0.25) is 0 Å². The molecule has 3 aromatic carbocycles. The molecule has 4 nitrogen and oxygen atoms in total. The van der Waals surface area contributed by atoms with E-state index in [0.717, 1.165) is 27.6 Å². The van der Waals surface area contributed by atoms with Gasteiger partial charge >= 0.3 is 5.97 Å². The molecule has 0 saturated heterocycles. The molecule has 0 saturated carbocycles. The van der Waals surface area contributed by atoms with E-state index in [0.29, 0.717) is 29.2 Å². The summed E-state index contributed by atoms with van der Waals surface area (Å²) >= 11 is 1.49. The van der Waals surface area contributed by atoms with Gasteiger partial charge in [-0.1, -0.05) is 61.0 Å². The fraction of sp³-hybridized carbons (Fsp3) is 0.185. The van der Waals surface area contributed by atoms with E-state index >= 15 is 0 Å². The number of aryl methyl sites for hydroxylation is 1. The summed E-state index contributed by atoms with van der Waals surface area (Å²) in [6.07, 6.45) is 1.44. The summed E-state index contributed by atoms with van der Waals surface area (Å²) in [7, 11) is 0. The largest absolute Gasteiger partial charge is 0.462 e. The third kappa shape index (κ3) is 4.89. The van der Waals surface area contributed by atoms with Crippen molar-refractivity contribution in [2.75, 3.05) is 11.9 Å². The normalized spacial score (nSPS) is 10.8. The summed E-state index contributed by atoms with van der Waals surface area (Å²) in [5.41, 5.74) is 4.38. The standard InChI is InChI=1S/C27H25NO3S/c1-3-15-31-27(30)20-7-6-8-21(17-20)28-26(29)25-23(16-19-13-11-18(2)12-14-19)22-9-4-5-10-24(22)32-25/h4-14,17H,3,15-16H2,1-2H3,(H,28,29). The molecule has 0 fully saturated rings. The first-order chi connectivity index (χ1) is 15.5. The van der Waals surface area contributed by atoms with Crippen molar-refractivity contribution < 1.29 is 14.3 Å². The fourth-order valence-corrected chi connectivity index (χ4v) is 4.67. The van der Waals surface area contributed by atoms with Crippen LogP contribution >= 0.6 is 11.3 Å². The van der Waals surface area contributed by atoms with Gasteiger partial charge in [-0.15, -0.1) is 11.3 Å². The summed E-state index contributed by atoms with van der Waals surface area (Å²) in [5.74, 6) is -0.558. The number of ether oxygens (including phenoxy) is 1. The first-order valence-electron chi connectivity index (χ1n) is 10.7. The molecule has 1 aromatic heterocycles. The van der Waals surface area contributed by atoms with Crippen LogP contribution in [0.3, 0.4) is 0 Å². The number of rotatable bonds is 7. The summed E-state index contributed by atoms with van der Waals surface area (Å²) < 4.78 is 6.29. The zero-order chi connectivity index (χ0) is 22.5. The van der Waals surface area contributed by atoms with Gasteiger partial charge in [0, 0.05) is 10.4 Å². The lowest BCUT2D eigenvalue weighted by atomic mass is 10.0. The Bertz CT molecular complexity index is 1260. The molecule has 0 bridgehead atoms. The Kier molecular flexibility index (Phi) is 6.66. The number of thiophene rings is 1. The Balaban J connectivity index is 1.62. The van der Waals surface area contributed by atoms with E-state index in [1.54, 1.807) is 24.3 Å². The van der Waals surface area contributed by atoms with Crippen molar-refractivity contribution >= 4 is 39.0 Å². The molecule has 0 unspecified atom stereocenters. The molecule has 32 heavy (non-hydrogen) atoms. The molecular weight excluding hydrogens is 418 g/mol. The van der Waals surface area contributed by atoms with Gasteiger partial charge in [-0.05, 0) is 60.5 Å². The fourth-order valence-electron chi connectivity index (χ4n) is 3.56. The van der Waals surface area contributed by atoms with Crippen LogP contribution < -0.4 is 5.32 Å². The van der Waals surface area contributed by atoms with E-state index in [1.807, 2.05) is 25.1 Å². The minimum atomic E-state index is -0.384. The Morgan fingerprint density at radius 3 is 2.53 bits per heavy atom. The van der Waals surface area contributed by atoms with Crippen molar-refractivity contribution in [3.05, 3.63) is 99.9 Å². The van der Waals surface area contributed by atoms with Crippen LogP contribution in [0.2, 0.25) is 0 Å². The molecule has 1 heterocycles. The van der Waals surface area contributed by atoms with Crippen LogP contribution in [0.15, 0.2) is 72.8 Å². The Morgan fingerprint density at radius 2 is 1.75 bits per heavy atom. The molecule has 0 radical (unpaired) electrons. The highest BCUT2D eigenvalue weighted by Crippen LogP contribution is 2.33. The monoisotopic (exact) mass is 443 g/mol. The maximum absolute atomic E-state index is 13.3. The third-order valence-corrected chi connectivity index (χ3v) is 6.41. The quantitative estimate of drug-likeness (QED) is 0.327. The van der Waals surface area contributed by atoms with Crippen molar-refractivity contribution in [3.8, 4) is 0 Å². The maximum atomic E-state index is 13.3. The van der Waals surface area contributed by atoms with E-state index in [4.69, 9.17) is 4.74 Å². The molecule has 1 N–H and O–H groups in total. The smallest absolute Gasteiger partial charge is 0.338 e. The van der Waals surface area contributed by atoms with Gasteiger partial charge in [0.1, 0.15) is 0 Å². The SMILES string of the molecule is CCCOC(=O)c1cccc(NC(=O)c2sc3ccccc3c2Cc2ccc(C)cc2)c1. The van der Waals surface area contributed by atoms with E-state index in [-0.39, 0.29) is 11.9 Å². The minimum Gasteiger partial charge on any atom is -0.462 e. The highest BCUT2D eigenvalue weighted by Gasteiger charge is 2.19. The maximum Gasteiger partial charge on any atom is 0.338 e. The molecule has 5 heteroatoms. The number of esters is 1. The summed E-state index contributed by atoms with van der Waals surface area (Å²) in [4.78, 5) is 26.1. The van der Waals surface area contributed by atoms with Gasteiger partial charge in [0.05, 0.1) is 17.0 Å². The number of fused-ring (bicyclic) bond motifs is 1. The number of carbonyl (C=O) groups excluding carboxylic acids is 2. The Hall–Kier alpha value is -3.44. The number of hydrogen-bond acceptors (Lipinski definition) is 4. The topological polar surface area (TPSA) is 55.4 Å². The van der Waals surface area contributed by atoms with Gasteiger partial charge in [0.15, 0.2) is 0 Å². The van der Waals surface area contributed by atoms with E-state index in [9.17, 15) is 9.59 Å². The summed E-state index contributed by atoms with van der Waals surface area (Å²) in [6.45, 7) is 4.39. The number of benzene rings is 3. The van der Waals surface area contributed by atoms with Gasteiger partial charge < -0.3 is 10.1 Å². The zero-order valence-electron chi connectivity index (χ0n) is 18.2. The first-order valence-corrected chi connectivity index (χ1v) is 11.5. The molecule has 0 spiro atoms. The van der Waals surface area contributed by atoms with Gasteiger partial charge in [-0.25, -0.2) is 4.79 Å². The molecular formula is C27H25NO3S. The van der Waals surface area contributed by atoms with Crippen LogP contribution in [-0.4, -0.2) is 18.5 Å². The predicted molar refractivity (Wildman–Crippen MR) is 131 cm³/mol. The van der Waals surface area contributed by atoms with Crippen LogP contribution in [0.1, 0.15) is 50.1 Å². The predicted octanol–water partition coefficient (Wildman–Crippen LogP) is 6.62. The van der Waals surface area contributed by atoms with Crippen LogP contribution in [-0.2, 0) is 11.2 Å². The van der Waals surface area contributed by atoms with E-state index in [2.05, 4.69) is 42.6 Å². The highest BCUT2D eigenvalue weighted by molar-refractivity contribution is 7.21. The first kappa shape index (κ1) is 21.8. The number of hydrogen-bond donors (Lipinski definition) is 1. The van der Waals surface area contributed by atoms with Crippen molar-refractivity contribution in [2.24, 2.45) is 0 Å². The average Bonchev–Trinajstić information content (AvgIpc) is 3.17. The number of anilines is 1. The summed E-state index contributed by atoms with van der Waals surface area (Å²) in [6, 6.07) is 23.4. The number of carbonyl (C=O) groups is 2.